The predicted octanol–water partition coefficient (Wildman–Crippen LogP) is 0.484. The lowest BCUT2D eigenvalue weighted by atomic mass is 10.1. The molecule has 90 valence electrons. The van der Waals surface area contributed by atoms with Crippen LogP contribution in [0.25, 0.3) is 0 Å². The standard InChI is InChI=1S/C11H7BO6/c13-9(8-4-2-1-3-5-8)6-7-16-12-17-10(14)11(15)18-12/h1-7H/b7-6-. The van der Waals surface area contributed by atoms with E-state index in [1.807, 2.05) is 0 Å². The van der Waals surface area contributed by atoms with Gasteiger partial charge in [-0.2, -0.15) is 0 Å². The van der Waals surface area contributed by atoms with Crippen LogP contribution in [0, 0.1) is 0 Å². The van der Waals surface area contributed by atoms with Crippen molar-refractivity contribution in [3.8, 4) is 0 Å². The summed E-state index contributed by atoms with van der Waals surface area (Å²) >= 11 is 0. The average molecular weight is 246 g/mol. The Hall–Kier alpha value is -2.57. The molecule has 0 spiro atoms. The first kappa shape index (κ1) is 11.9. The second-order valence-corrected chi connectivity index (χ2v) is 3.27. The van der Waals surface area contributed by atoms with Crippen LogP contribution in [0.15, 0.2) is 42.7 Å². The van der Waals surface area contributed by atoms with Gasteiger partial charge in [0.1, 0.15) is 0 Å². The van der Waals surface area contributed by atoms with Crippen LogP contribution in [0.4, 0.5) is 0 Å². The fraction of sp³-hybridized carbons (Fsp3) is 0. The Morgan fingerprint density at radius 2 is 1.72 bits per heavy atom. The summed E-state index contributed by atoms with van der Waals surface area (Å²) in [5, 5.41) is 0. The second-order valence-electron chi connectivity index (χ2n) is 3.27. The maximum absolute atomic E-state index is 11.6. The van der Waals surface area contributed by atoms with E-state index in [2.05, 4.69) is 9.31 Å². The molecule has 0 aliphatic carbocycles. The van der Waals surface area contributed by atoms with Gasteiger partial charge in [0.15, 0.2) is 5.78 Å². The monoisotopic (exact) mass is 246 g/mol. The van der Waals surface area contributed by atoms with E-state index in [0.717, 1.165) is 12.3 Å². The molecule has 7 heteroatoms. The highest BCUT2D eigenvalue weighted by Crippen LogP contribution is 2.05. The van der Waals surface area contributed by atoms with Gasteiger partial charge in [0.05, 0.1) is 6.26 Å². The largest absolute Gasteiger partial charge is 0.868 e. The first-order valence-corrected chi connectivity index (χ1v) is 5.00. The average Bonchev–Trinajstić information content (AvgIpc) is 2.69. The van der Waals surface area contributed by atoms with Gasteiger partial charge in [0.25, 0.3) is 0 Å². The molecular weight excluding hydrogens is 239 g/mol. The zero-order valence-corrected chi connectivity index (χ0v) is 9.07. The van der Waals surface area contributed by atoms with Crippen molar-refractivity contribution in [2.45, 2.75) is 0 Å². The fourth-order valence-electron chi connectivity index (χ4n) is 1.21. The molecule has 0 bridgehead atoms. The molecule has 0 atom stereocenters. The van der Waals surface area contributed by atoms with Crippen molar-refractivity contribution in [1.82, 2.24) is 0 Å². The molecule has 1 aliphatic heterocycles. The highest BCUT2D eigenvalue weighted by atomic mass is 16.8. The molecule has 1 aromatic carbocycles. The van der Waals surface area contributed by atoms with E-state index in [4.69, 9.17) is 4.65 Å². The number of ketones is 1. The van der Waals surface area contributed by atoms with Crippen molar-refractivity contribution >= 4 is 25.0 Å². The Kier molecular flexibility index (Phi) is 3.42. The lowest BCUT2D eigenvalue weighted by Crippen LogP contribution is -2.17. The number of carbonyl (C=O) groups is 3. The van der Waals surface area contributed by atoms with Gasteiger partial charge >= 0.3 is 19.3 Å². The number of hydrogen-bond donors (Lipinski definition) is 0. The molecule has 0 radical (unpaired) electrons. The van der Waals surface area contributed by atoms with E-state index >= 15 is 0 Å². The minimum atomic E-state index is -1.43. The van der Waals surface area contributed by atoms with Crippen LogP contribution < -0.4 is 0 Å². The van der Waals surface area contributed by atoms with E-state index in [0.29, 0.717) is 5.56 Å². The highest BCUT2D eigenvalue weighted by molar-refractivity contribution is 6.55. The SMILES string of the molecule is O=C1OB(O/C=C\C(=O)c2ccccc2)OC1=O. The first-order chi connectivity index (χ1) is 8.66. The lowest BCUT2D eigenvalue weighted by molar-refractivity contribution is -0.150. The molecule has 1 fully saturated rings. The molecule has 6 nitrogen and oxygen atoms in total. The minimum Gasteiger partial charge on any atom is -0.496 e. The van der Waals surface area contributed by atoms with Crippen LogP contribution in [0.2, 0.25) is 0 Å². The maximum atomic E-state index is 11.6. The van der Waals surface area contributed by atoms with Gasteiger partial charge in [-0.25, -0.2) is 9.59 Å². The summed E-state index contributed by atoms with van der Waals surface area (Å²) in [6.07, 6.45) is 2.14. The molecule has 0 unspecified atom stereocenters. The van der Waals surface area contributed by atoms with Crippen LogP contribution >= 0.6 is 0 Å². The summed E-state index contributed by atoms with van der Waals surface area (Å²) in [5.41, 5.74) is 0.484. The molecule has 0 saturated carbocycles. The molecule has 1 heterocycles. The Morgan fingerprint density at radius 3 is 2.33 bits per heavy atom. The van der Waals surface area contributed by atoms with Crippen LogP contribution in [-0.4, -0.2) is 25.0 Å². The smallest absolute Gasteiger partial charge is 0.496 e. The molecular formula is C11H7BO6. The summed E-state index contributed by atoms with van der Waals surface area (Å²) in [4.78, 5) is 32.8. The van der Waals surface area contributed by atoms with Crippen LogP contribution in [-0.2, 0) is 23.6 Å². The van der Waals surface area contributed by atoms with E-state index in [1.165, 1.54) is 0 Å². The van der Waals surface area contributed by atoms with E-state index in [9.17, 15) is 14.4 Å². The van der Waals surface area contributed by atoms with Crippen molar-refractivity contribution in [3.63, 3.8) is 0 Å². The second kappa shape index (κ2) is 5.18. The third kappa shape index (κ3) is 2.76. The van der Waals surface area contributed by atoms with Gasteiger partial charge in [-0.15, -0.1) is 0 Å². The number of rotatable bonds is 4. The molecule has 2 rings (SSSR count). The van der Waals surface area contributed by atoms with E-state index in [-0.39, 0.29) is 5.78 Å². The van der Waals surface area contributed by atoms with Gasteiger partial charge in [-0.3, -0.25) is 4.79 Å². The van der Waals surface area contributed by atoms with E-state index in [1.54, 1.807) is 30.3 Å². The van der Waals surface area contributed by atoms with Crippen LogP contribution in [0.5, 0.6) is 0 Å². The Balaban J connectivity index is 1.87. The summed E-state index contributed by atoms with van der Waals surface area (Å²) in [6, 6.07) is 8.52. The topological polar surface area (TPSA) is 78.9 Å². The molecule has 18 heavy (non-hydrogen) atoms. The third-order valence-corrected chi connectivity index (χ3v) is 2.04. The molecule has 1 aliphatic rings. The quantitative estimate of drug-likeness (QED) is 0.253. The maximum Gasteiger partial charge on any atom is 0.868 e. The Morgan fingerprint density at radius 1 is 1.11 bits per heavy atom. The normalized spacial score (nSPS) is 14.6. The molecule has 1 saturated heterocycles. The summed E-state index contributed by atoms with van der Waals surface area (Å²) < 4.78 is 13.5. The van der Waals surface area contributed by atoms with Gasteiger partial charge in [-0.1, -0.05) is 30.3 Å². The van der Waals surface area contributed by atoms with Gasteiger partial charge in [0, 0.05) is 11.6 Å². The Bertz CT molecular complexity index is 494. The van der Waals surface area contributed by atoms with Crippen molar-refractivity contribution in [1.29, 1.82) is 0 Å². The van der Waals surface area contributed by atoms with Crippen molar-refractivity contribution in [2.75, 3.05) is 0 Å². The zero-order chi connectivity index (χ0) is 13.0. The number of carbonyl (C=O) groups excluding carboxylic acids is 3. The zero-order valence-electron chi connectivity index (χ0n) is 9.07. The van der Waals surface area contributed by atoms with Crippen LogP contribution in [0.3, 0.4) is 0 Å². The van der Waals surface area contributed by atoms with Gasteiger partial charge < -0.3 is 14.0 Å². The Labute approximate surface area is 102 Å². The lowest BCUT2D eigenvalue weighted by Gasteiger charge is -1.98. The molecule has 0 aromatic heterocycles. The van der Waals surface area contributed by atoms with E-state index < -0.39 is 19.3 Å². The minimum absolute atomic E-state index is 0.286. The van der Waals surface area contributed by atoms with Crippen molar-refractivity contribution < 1.29 is 28.3 Å². The van der Waals surface area contributed by atoms with Gasteiger partial charge in [0.2, 0.25) is 0 Å². The predicted molar refractivity (Wildman–Crippen MR) is 58.9 cm³/mol. The van der Waals surface area contributed by atoms with Crippen molar-refractivity contribution in [3.05, 3.63) is 48.2 Å². The first-order valence-electron chi connectivity index (χ1n) is 5.00. The third-order valence-electron chi connectivity index (χ3n) is 2.04. The molecule has 0 amide bonds. The van der Waals surface area contributed by atoms with Crippen molar-refractivity contribution in [2.24, 2.45) is 0 Å². The van der Waals surface area contributed by atoms with Crippen LogP contribution in [0.1, 0.15) is 10.4 Å². The number of benzene rings is 1. The number of hydrogen-bond acceptors (Lipinski definition) is 6. The summed E-state index contributed by atoms with van der Waals surface area (Å²) in [6.45, 7) is 0. The summed E-state index contributed by atoms with van der Waals surface area (Å²) in [5.74, 6) is -2.53. The molecule has 1 aromatic rings. The molecule has 0 N–H and O–H groups in total. The number of allylic oxidation sites excluding steroid dienone is 1. The summed E-state index contributed by atoms with van der Waals surface area (Å²) in [7, 11) is -1.43. The fourth-order valence-corrected chi connectivity index (χ4v) is 1.21. The van der Waals surface area contributed by atoms with Gasteiger partial charge in [-0.05, 0) is 0 Å². The highest BCUT2D eigenvalue weighted by Gasteiger charge is 2.44.